The first kappa shape index (κ1) is 14.4. The number of rotatable bonds is 4. The summed E-state index contributed by atoms with van der Waals surface area (Å²) < 4.78 is 5.23. The molecule has 20 heavy (non-hydrogen) atoms. The van der Waals surface area contributed by atoms with Crippen molar-refractivity contribution in [2.45, 2.75) is 32.8 Å². The fourth-order valence-electron chi connectivity index (χ4n) is 2.14. The van der Waals surface area contributed by atoms with E-state index in [0.717, 1.165) is 5.69 Å². The number of carbonyl (C=O) groups is 2. The van der Waals surface area contributed by atoms with Gasteiger partial charge in [-0.25, -0.2) is 4.79 Å². The Morgan fingerprint density at radius 1 is 1.40 bits per heavy atom. The summed E-state index contributed by atoms with van der Waals surface area (Å²) in [7, 11) is 0. The van der Waals surface area contributed by atoms with E-state index in [1.165, 1.54) is 12.5 Å². The molecule has 108 valence electrons. The number of cyclic esters (lactones) is 1. The molecule has 0 radical (unpaired) electrons. The molecule has 0 bridgehead atoms. The van der Waals surface area contributed by atoms with E-state index < -0.39 is 0 Å². The molecule has 5 nitrogen and oxygen atoms in total. The number of hydrogen-bond donors (Lipinski definition) is 1. The van der Waals surface area contributed by atoms with Crippen molar-refractivity contribution >= 4 is 17.7 Å². The SMILES string of the molecule is CC(=O)NC[C@H]1CN(c2ccc(C(C)C)cc2)C(=O)O1. The fourth-order valence-corrected chi connectivity index (χ4v) is 2.14. The van der Waals surface area contributed by atoms with Crippen molar-refractivity contribution in [3.63, 3.8) is 0 Å². The van der Waals surface area contributed by atoms with Crippen LogP contribution in [0.15, 0.2) is 24.3 Å². The van der Waals surface area contributed by atoms with Gasteiger partial charge in [0, 0.05) is 12.6 Å². The molecule has 1 heterocycles. The molecule has 5 heteroatoms. The molecule has 0 aromatic heterocycles. The lowest BCUT2D eigenvalue weighted by molar-refractivity contribution is -0.119. The average molecular weight is 276 g/mol. The van der Waals surface area contributed by atoms with Crippen molar-refractivity contribution in [3.05, 3.63) is 29.8 Å². The Balaban J connectivity index is 2.02. The van der Waals surface area contributed by atoms with Gasteiger partial charge in [0.15, 0.2) is 0 Å². The van der Waals surface area contributed by atoms with Crippen LogP contribution in [0.5, 0.6) is 0 Å². The van der Waals surface area contributed by atoms with Gasteiger partial charge in [0.25, 0.3) is 0 Å². The molecule has 1 aromatic rings. The molecule has 2 amide bonds. The van der Waals surface area contributed by atoms with Crippen LogP contribution in [0, 0.1) is 0 Å². The van der Waals surface area contributed by atoms with Crippen LogP contribution in [0.3, 0.4) is 0 Å². The minimum Gasteiger partial charge on any atom is -0.442 e. The van der Waals surface area contributed by atoms with Gasteiger partial charge < -0.3 is 10.1 Å². The van der Waals surface area contributed by atoms with Gasteiger partial charge in [-0.3, -0.25) is 9.69 Å². The van der Waals surface area contributed by atoms with E-state index >= 15 is 0 Å². The number of nitrogens with one attached hydrogen (secondary N) is 1. The molecule has 0 spiro atoms. The van der Waals surface area contributed by atoms with E-state index in [1.807, 2.05) is 24.3 Å². The predicted molar refractivity (Wildman–Crippen MR) is 76.8 cm³/mol. The second kappa shape index (κ2) is 5.94. The van der Waals surface area contributed by atoms with E-state index in [9.17, 15) is 9.59 Å². The molecule has 1 fully saturated rings. The van der Waals surface area contributed by atoms with Crippen molar-refractivity contribution in [3.8, 4) is 0 Å². The summed E-state index contributed by atoms with van der Waals surface area (Å²) in [5.41, 5.74) is 2.06. The maximum Gasteiger partial charge on any atom is 0.414 e. The maximum absolute atomic E-state index is 11.8. The van der Waals surface area contributed by atoms with Gasteiger partial charge >= 0.3 is 6.09 Å². The van der Waals surface area contributed by atoms with Gasteiger partial charge in [0.2, 0.25) is 5.91 Å². The van der Waals surface area contributed by atoms with E-state index in [4.69, 9.17) is 4.74 Å². The molecule has 1 aliphatic heterocycles. The second-order valence-electron chi connectivity index (χ2n) is 5.30. The van der Waals surface area contributed by atoms with E-state index in [1.54, 1.807) is 4.90 Å². The zero-order valence-corrected chi connectivity index (χ0v) is 12.1. The number of amides is 2. The van der Waals surface area contributed by atoms with Crippen molar-refractivity contribution < 1.29 is 14.3 Å². The molecule has 1 N–H and O–H groups in total. The summed E-state index contributed by atoms with van der Waals surface area (Å²) >= 11 is 0. The van der Waals surface area contributed by atoms with Gasteiger partial charge in [-0.2, -0.15) is 0 Å². The Hall–Kier alpha value is -2.04. The summed E-state index contributed by atoms with van der Waals surface area (Å²) in [6.45, 7) is 6.51. The monoisotopic (exact) mass is 276 g/mol. The highest BCUT2D eigenvalue weighted by molar-refractivity contribution is 5.89. The van der Waals surface area contributed by atoms with Crippen LogP contribution in [-0.2, 0) is 9.53 Å². The van der Waals surface area contributed by atoms with Crippen molar-refractivity contribution in [1.29, 1.82) is 0 Å². The quantitative estimate of drug-likeness (QED) is 0.917. The van der Waals surface area contributed by atoms with Crippen molar-refractivity contribution in [2.24, 2.45) is 0 Å². The molecule has 0 saturated carbocycles. The van der Waals surface area contributed by atoms with Crippen LogP contribution in [-0.4, -0.2) is 31.2 Å². The smallest absolute Gasteiger partial charge is 0.414 e. The Morgan fingerprint density at radius 2 is 2.05 bits per heavy atom. The molecular formula is C15H20N2O3. The topological polar surface area (TPSA) is 58.6 Å². The first-order valence-corrected chi connectivity index (χ1v) is 6.80. The highest BCUT2D eigenvalue weighted by Crippen LogP contribution is 2.24. The normalized spacial score (nSPS) is 18.3. The lowest BCUT2D eigenvalue weighted by atomic mass is 10.0. The number of anilines is 1. The largest absolute Gasteiger partial charge is 0.442 e. The van der Waals surface area contributed by atoms with Gasteiger partial charge in [0.05, 0.1) is 13.1 Å². The van der Waals surface area contributed by atoms with Crippen LogP contribution in [0.25, 0.3) is 0 Å². The number of benzene rings is 1. The number of nitrogens with zero attached hydrogens (tertiary/aromatic N) is 1. The molecule has 0 aliphatic carbocycles. The van der Waals surface area contributed by atoms with E-state index in [0.29, 0.717) is 19.0 Å². The predicted octanol–water partition coefficient (Wildman–Crippen LogP) is 2.27. The third-order valence-electron chi connectivity index (χ3n) is 3.32. The minimum absolute atomic E-state index is 0.124. The average Bonchev–Trinajstić information content (AvgIpc) is 2.78. The Labute approximate surface area is 118 Å². The molecule has 2 rings (SSSR count). The zero-order chi connectivity index (χ0) is 14.7. The third kappa shape index (κ3) is 3.29. The molecule has 1 aliphatic rings. The van der Waals surface area contributed by atoms with Crippen LogP contribution >= 0.6 is 0 Å². The molecule has 1 atom stereocenters. The van der Waals surface area contributed by atoms with Crippen LogP contribution in [0.2, 0.25) is 0 Å². The van der Waals surface area contributed by atoms with E-state index in [-0.39, 0.29) is 18.1 Å². The number of hydrogen-bond acceptors (Lipinski definition) is 3. The number of ether oxygens (including phenoxy) is 1. The highest BCUT2D eigenvalue weighted by atomic mass is 16.6. The first-order chi connectivity index (χ1) is 9.47. The molecular weight excluding hydrogens is 256 g/mol. The Bertz CT molecular complexity index is 496. The maximum atomic E-state index is 11.8. The lowest BCUT2D eigenvalue weighted by Gasteiger charge is -2.14. The van der Waals surface area contributed by atoms with Crippen molar-refractivity contribution in [1.82, 2.24) is 5.32 Å². The number of carbonyl (C=O) groups excluding carboxylic acids is 2. The van der Waals surface area contributed by atoms with Crippen molar-refractivity contribution in [2.75, 3.05) is 18.0 Å². The summed E-state index contributed by atoms with van der Waals surface area (Å²) in [5, 5.41) is 2.66. The molecule has 0 unspecified atom stereocenters. The summed E-state index contributed by atoms with van der Waals surface area (Å²) in [5.74, 6) is 0.336. The Kier molecular flexibility index (Phi) is 4.27. The second-order valence-corrected chi connectivity index (χ2v) is 5.30. The van der Waals surface area contributed by atoms with Gasteiger partial charge in [0.1, 0.15) is 6.10 Å². The summed E-state index contributed by atoms with van der Waals surface area (Å²) in [4.78, 5) is 24.3. The highest BCUT2D eigenvalue weighted by Gasteiger charge is 2.32. The lowest BCUT2D eigenvalue weighted by Crippen LogP contribution is -2.33. The van der Waals surface area contributed by atoms with Crippen LogP contribution < -0.4 is 10.2 Å². The van der Waals surface area contributed by atoms with Gasteiger partial charge in [-0.15, -0.1) is 0 Å². The Morgan fingerprint density at radius 3 is 2.60 bits per heavy atom. The minimum atomic E-state index is -0.363. The zero-order valence-electron chi connectivity index (χ0n) is 12.1. The van der Waals surface area contributed by atoms with Crippen LogP contribution in [0.1, 0.15) is 32.3 Å². The van der Waals surface area contributed by atoms with Gasteiger partial charge in [-0.05, 0) is 23.6 Å². The van der Waals surface area contributed by atoms with Gasteiger partial charge in [-0.1, -0.05) is 26.0 Å². The standard InChI is InChI=1S/C15H20N2O3/c1-10(2)12-4-6-13(7-5-12)17-9-14(20-15(17)19)8-16-11(3)18/h4-7,10,14H,8-9H2,1-3H3,(H,16,18)/t14-/m0/s1. The third-order valence-corrected chi connectivity index (χ3v) is 3.32. The van der Waals surface area contributed by atoms with E-state index in [2.05, 4.69) is 19.2 Å². The van der Waals surface area contributed by atoms with Crippen LogP contribution in [0.4, 0.5) is 10.5 Å². The molecule has 1 aromatic carbocycles. The summed E-state index contributed by atoms with van der Waals surface area (Å²) in [6.07, 6.45) is -0.658. The first-order valence-electron chi connectivity index (χ1n) is 6.80. The fraction of sp³-hybridized carbons (Fsp3) is 0.467. The molecule has 1 saturated heterocycles. The summed E-state index contributed by atoms with van der Waals surface area (Å²) in [6, 6.07) is 7.90.